The van der Waals surface area contributed by atoms with Gasteiger partial charge in [0.2, 0.25) is 0 Å². The molecule has 0 unspecified atom stereocenters. The topological polar surface area (TPSA) is 178 Å². The summed E-state index contributed by atoms with van der Waals surface area (Å²) in [5.41, 5.74) is 8.43. The average Bonchev–Trinajstić information content (AvgIpc) is 3.83. The number of hydrogen-bond acceptors (Lipinski definition) is 13. The van der Waals surface area contributed by atoms with Gasteiger partial charge in [-0.2, -0.15) is 0 Å². The number of nitrogens with one attached hydrogen (secondary N) is 4. The van der Waals surface area contributed by atoms with Crippen LogP contribution in [-0.4, -0.2) is 104 Å². The number of aromatic hydroxyl groups is 2. The number of ether oxygens (including phenoxy) is 4. The van der Waals surface area contributed by atoms with Crippen LogP contribution in [-0.2, 0) is 24.0 Å². The molecule has 3 heterocycles. The number of rotatable bonds is 18. The fourth-order valence-corrected chi connectivity index (χ4v) is 12.8. The van der Waals surface area contributed by atoms with Gasteiger partial charge in [-0.05, 0) is 139 Å². The van der Waals surface area contributed by atoms with Crippen molar-refractivity contribution in [2.24, 2.45) is 10.9 Å². The van der Waals surface area contributed by atoms with Crippen molar-refractivity contribution in [2.45, 2.75) is 126 Å². The third-order valence-corrected chi connectivity index (χ3v) is 15.8. The first-order chi connectivity index (χ1) is 33.9. The Morgan fingerprint density at radius 1 is 0.929 bits per heavy atom. The van der Waals surface area contributed by atoms with Gasteiger partial charge in [0.15, 0.2) is 17.6 Å². The minimum atomic E-state index is -1.01. The van der Waals surface area contributed by atoms with Crippen LogP contribution in [0, 0.1) is 5.92 Å². The maximum Gasteiger partial charge on any atom is 0.160 e. The van der Waals surface area contributed by atoms with Crippen molar-refractivity contribution in [3.63, 3.8) is 0 Å². The zero-order chi connectivity index (χ0) is 48.7. The molecular formula is C57H73N5O8. The molecule has 4 aromatic rings. The predicted octanol–water partition coefficient (Wildman–Crippen LogP) is 6.16. The zero-order valence-corrected chi connectivity index (χ0v) is 41.6. The molecule has 0 amide bonds. The number of nitrogens with zero attached hydrogens (tertiary/aromatic N) is 1. The molecule has 3 aliphatic heterocycles. The summed E-state index contributed by atoms with van der Waals surface area (Å²) in [6, 6.07) is 16.3. The van der Waals surface area contributed by atoms with E-state index in [1.54, 1.807) is 13.2 Å². The molecule has 0 radical (unpaired) electrons. The van der Waals surface area contributed by atoms with Gasteiger partial charge in [-0.25, -0.2) is 0 Å². The summed E-state index contributed by atoms with van der Waals surface area (Å²) >= 11 is 0. The van der Waals surface area contributed by atoms with Crippen molar-refractivity contribution < 1.29 is 39.4 Å². The molecule has 1 saturated carbocycles. The second-order valence-electron chi connectivity index (χ2n) is 21.4. The lowest BCUT2D eigenvalue weighted by Gasteiger charge is -2.48. The number of methoxy groups -OCH3 is 1. The van der Waals surface area contributed by atoms with Crippen LogP contribution < -0.4 is 46.1 Å². The van der Waals surface area contributed by atoms with Crippen LogP contribution in [0.2, 0.25) is 0 Å². The Morgan fingerprint density at radius 2 is 1.74 bits per heavy atom. The lowest BCUT2D eigenvalue weighted by molar-refractivity contribution is -0.132. The molecule has 6 atom stereocenters. The van der Waals surface area contributed by atoms with E-state index in [1.165, 1.54) is 30.4 Å². The Balaban J connectivity index is 1.15. The number of fused-ring (bicyclic) bond motifs is 8. The minimum absolute atomic E-state index is 0.0196. The summed E-state index contributed by atoms with van der Waals surface area (Å²) in [5.74, 6) is 2.40. The average molecular weight is 956 g/mol. The Hall–Kier alpha value is -4.99. The largest absolute Gasteiger partial charge is 0.507 e. The molecule has 6 aliphatic rings. The first-order valence-corrected chi connectivity index (χ1v) is 25.8. The molecule has 8 N–H and O–H groups in total. The Morgan fingerprint density at radius 3 is 2.53 bits per heavy atom. The maximum absolute atomic E-state index is 11.7. The van der Waals surface area contributed by atoms with E-state index in [2.05, 4.69) is 71.5 Å². The summed E-state index contributed by atoms with van der Waals surface area (Å²) < 4.78 is 27.7. The van der Waals surface area contributed by atoms with Crippen molar-refractivity contribution in [3.8, 4) is 39.9 Å². The van der Waals surface area contributed by atoms with E-state index in [4.69, 9.17) is 23.9 Å². The van der Waals surface area contributed by atoms with Crippen molar-refractivity contribution in [3.05, 3.63) is 104 Å². The highest BCUT2D eigenvalue weighted by Crippen LogP contribution is 2.61. The fraction of sp³-hybridized carbons (Fsp3) is 0.526. The van der Waals surface area contributed by atoms with Gasteiger partial charge in [0.1, 0.15) is 29.0 Å². The number of hydrogen-bond donors (Lipinski definition) is 8. The normalized spacial score (nSPS) is 24.1. The SMILES string of the molecule is CNCC1=Cc2c(O)ccc3c2[C@H](Cc2c4c(c5c(c2-3)O[C@@H](CO)CC5)O[C@H](c2ccc(O)c(OC)c2)[C@](CNCNC[C@@](C)(O)CC(C)C)(OCNC2CCCCC2)C4)[C@H]1c1ccc2c(c1)=CCN=2. The van der Waals surface area contributed by atoms with Gasteiger partial charge in [-0.1, -0.05) is 57.4 Å². The number of phenols is 2. The second kappa shape index (κ2) is 20.3. The first kappa shape index (κ1) is 48.6. The molecule has 13 heteroatoms. The highest BCUT2D eigenvalue weighted by atomic mass is 16.6. The van der Waals surface area contributed by atoms with E-state index in [-0.39, 0.29) is 29.9 Å². The van der Waals surface area contributed by atoms with Gasteiger partial charge >= 0.3 is 0 Å². The van der Waals surface area contributed by atoms with Gasteiger partial charge in [0, 0.05) is 66.9 Å². The van der Waals surface area contributed by atoms with Crippen LogP contribution in [0.1, 0.15) is 123 Å². The molecule has 0 bridgehead atoms. The van der Waals surface area contributed by atoms with E-state index in [0.29, 0.717) is 89.4 Å². The quantitative estimate of drug-likeness (QED) is 0.0422. The van der Waals surface area contributed by atoms with Crippen LogP contribution in [0.3, 0.4) is 0 Å². The smallest absolute Gasteiger partial charge is 0.160 e. The van der Waals surface area contributed by atoms with E-state index < -0.39 is 23.4 Å². The third kappa shape index (κ3) is 9.35. The fourth-order valence-electron chi connectivity index (χ4n) is 12.8. The lowest BCUT2D eigenvalue weighted by Crippen LogP contribution is -2.56. The molecule has 4 aromatic carbocycles. The number of aliphatic hydroxyl groups excluding tert-OH is 1. The highest BCUT2D eigenvalue weighted by molar-refractivity contribution is 5.89. The maximum atomic E-state index is 11.7. The van der Waals surface area contributed by atoms with Crippen LogP contribution >= 0.6 is 0 Å². The van der Waals surface area contributed by atoms with E-state index >= 15 is 0 Å². The van der Waals surface area contributed by atoms with Gasteiger partial charge in [0.25, 0.3) is 0 Å². The number of likely N-dealkylation sites (N-methyl/N-ethyl adjacent to an activating group) is 1. The van der Waals surface area contributed by atoms with Gasteiger partial charge in [-0.15, -0.1) is 0 Å². The summed E-state index contributed by atoms with van der Waals surface area (Å²) in [6.07, 6.45) is 12.2. The molecule has 1 fully saturated rings. The molecule has 10 rings (SSSR count). The molecule has 374 valence electrons. The first-order valence-electron chi connectivity index (χ1n) is 25.8. The minimum Gasteiger partial charge on any atom is -0.507 e. The third-order valence-electron chi connectivity index (χ3n) is 15.8. The van der Waals surface area contributed by atoms with Crippen LogP contribution in [0.25, 0.3) is 23.3 Å². The van der Waals surface area contributed by atoms with Gasteiger partial charge in [-0.3, -0.25) is 10.3 Å². The molecule has 0 spiro atoms. The molecule has 0 aromatic heterocycles. The van der Waals surface area contributed by atoms with Crippen LogP contribution in [0.15, 0.2) is 59.1 Å². The molecule has 13 nitrogen and oxygen atoms in total. The van der Waals surface area contributed by atoms with Crippen molar-refractivity contribution >= 4 is 12.2 Å². The van der Waals surface area contributed by atoms with E-state index in [1.807, 2.05) is 32.2 Å². The number of aliphatic hydroxyl groups is 2. The highest BCUT2D eigenvalue weighted by Gasteiger charge is 2.51. The predicted molar refractivity (Wildman–Crippen MR) is 272 cm³/mol. The Kier molecular flexibility index (Phi) is 14.1. The molecule has 0 saturated heterocycles. The van der Waals surface area contributed by atoms with Crippen LogP contribution in [0.4, 0.5) is 0 Å². The molecular weight excluding hydrogens is 883 g/mol. The standard InChI is InChI=1S/C57H73N5O8/c1-33(2)25-56(3,66)29-59-31-60-30-57(68-32-62-38-9-7-6-8-10-38)26-45-42-24-44-50(35-11-16-46-34(21-35)19-20-61-46)37(27-58-4)22-43-47(64)18-15-40(51(43)44)52(42)54-41(14-13-39(28-63)69-54)53(45)70-55(57)36-12-17-48(65)49(23-36)67-5/h11-12,15-19,21-23,33,38-39,44,50,55,58-60,62-66H,6-10,13-14,20,24-32H2,1-5H3/t39-,44-,50+,55-,56+,57+/m1/s1. The summed E-state index contributed by atoms with van der Waals surface area (Å²) in [6.45, 7) is 8.85. The lowest BCUT2D eigenvalue weighted by atomic mass is 9.62. The van der Waals surface area contributed by atoms with E-state index in [9.17, 15) is 20.4 Å². The van der Waals surface area contributed by atoms with Gasteiger partial charge in [0.05, 0.1) is 38.0 Å². The van der Waals surface area contributed by atoms with E-state index in [0.717, 1.165) is 79.4 Å². The monoisotopic (exact) mass is 956 g/mol. The Labute approximate surface area is 412 Å². The van der Waals surface area contributed by atoms with Crippen molar-refractivity contribution in [1.29, 1.82) is 0 Å². The van der Waals surface area contributed by atoms with Crippen molar-refractivity contribution in [2.75, 3.05) is 60.3 Å². The van der Waals surface area contributed by atoms with Crippen molar-refractivity contribution in [1.82, 2.24) is 21.3 Å². The number of benzene rings is 4. The molecule has 3 aliphatic carbocycles. The summed E-state index contributed by atoms with van der Waals surface area (Å²) in [5, 5.41) is 61.2. The second-order valence-corrected chi connectivity index (χ2v) is 21.4. The molecule has 70 heavy (non-hydrogen) atoms. The summed E-state index contributed by atoms with van der Waals surface area (Å²) in [4.78, 5) is 4.72. The summed E-state index contributed by atoms with van der Waals surface area (Å²) in [7, 11) is 3.53. The van der Waals surface area contributed by atoms with Crippen LogP contribution in [0.5, 0.6) is 28.7 Å². The van der Waals surface area contributed by atoms with Gasteiger partial charge < -0.3 is 55.3 Å². The number of phenolic OH excluding ortho intramolecular Hbond substituents is 2. The zero-order valence-electron chi connectivity index (χ0n) is 41.6. The Bertz CT molecular complexity index is 2750.